The summed E-state index contributed by atoms with van der Waals surface area (Å²) in [6.07, 6.45) is 2.27. The second kappa shape index (κ2) is 8.08. The first-order valence-corrected chi connectivity index (χ1v) is 8.85. The molecule has 2 aromatic carbocycles. The number of Topliss-reactive ketones (excluding diaryl/α,β-unsaturated/α-hetero) is 1. The molecule has 1 aliphatic carbocycles. The largest absolute Gasteiger partial charge is 0.496 e. The van der Waals surface area contributed by atoms with Crippen molar-refractivity contribution in [2.45, 2.75) is 19.8 Å². The van der Waals surface area contributed by atoms with Gasteiger partial charge < -0.3 is 14.8 Å². The van der Waals surface area contributed by atoms with Gasteiger partial charge in [-0.3, -0.25) is 9.59 Å². The zero-order valence-electron chi connectivity index (χ0n) is 16.0. The number of rotatable bonds is 4. The molecule has 0 atom stereocenters. The fraction of sp³-hybridized carbons (Fsp3) is 0.227. The van der Waals surface area contributed by atoms with Crippen LogP contribution < -0.4 is 10.1 Å². The molecule has 0 radical (unpaired) electrons. The standard InChI is InChI=1S/C22H21NO5/c1-13-10-17-16(12-20(13)27-2)14(8-9-19(17)24)11-21(25)23-18-7-5-4-6-15(18)22(26)28-3/h4-7,10-12H,8-9H2,1-3H3,(H,23,25)/b14-11+. The first-order chi connectivity index (χ1) is 13.4. The molecule has 1 N–H and O–H groups in total. The lowest BCUT2D eigenvalue weighted by Gasteiger charge is -2.20. The van der Waals surface area contributed by atoms with Crippen molar-refractivity contribution in [1.29, 1.82) is 0 Å². The molecule has 0 heterocycles. The van der Waals surface area contributed by atoms with Crippen molar-refractivity contribution < 1.29 is 23.9 Å². The Balaban J connectivity index is 1.93. The van der Waals surface area contributed by atoms with E-state index in [1.807, 2.05) is 6.92 Å². The zero-order chi connectivity index (χ0) is 20.3. The lowest BCUT2D eigenvalue weighted by molar-refractivity contribution is -0.111. The maximum atomic E-state index is 12.6. The third-order valence-electron chi connectivity index (χ3n) is 4.70. The van der Waals surface area contributed by atoms with Gasteiger partial charge in [-0.05, 0) is 54.3 Å². The topological polar surface area (TPSA) is 81.7 Å². The van der Waals surface area contributed by atoms with Gasteiger partial charge in [-0.1, -0.05) is 12.1 Å². The van der Waals surface area contributed by atoms with E-state index in [0.29, 0.717) is 35.4 Å². The third kappa shape index (κ3) is 3.81. The van der Waals surface area contributed by atoms with Crippen molar-refractivity contribution in [3.05, 3.63) is 64.7 Å². The van der Waals surface area contributed by atoms with Crippen LogP contribution in [0.3, 0.4) is 0 Å². The average Bonchev–Trinajstić information content (AvgIpc) is 2.69. The number of hydrogen-bond acceptors (Lipinski definition) is 5. The van der Waals surface area contributed by atoms with E-state index in [4.69, 9.17) is 9.47 Å². The van der Waals surface area contributed by atoms with Crippen LogP contribution in [-0.4, -0.2) is 31.9 Å². The number of hydrogen-bond donors (Lipinski definition) is 1. The van der Waals surface area contributed by atoms with Crippen LogP contribution in [0.5, 0.6) is 5.75 Å². The van der Waals surface area contributed by atoms with Gasteiger partial charge in [-0.25, -0.2) is 4.79 Å². The van der Waals surface area contributed by atoms with E-state index in [-0.39, 0.29) is 17.3 Å². The number of ketones is 1. The Bertz CT molecular complexity index is 990. The van der Waals surface area contributed by atoms with E-state index < -0.39 is 5.97 Å². The summed E-state index contributed by atoms with van der Waals surface area (Å²) in [6, 6.07) is 10.2. The van der Waals surface area contributed by atoms with Gasteiger partial charge in [0.2, 0.25) is 5.91 Å². The zero-order valence-corrected chi connectivity index (χ0v) is 16.0. The normalized spacial score (nSPS) is 14.4. The number of carbonyl (C=O) groups is 3. The van der Waals surface area contributed by atoms with Crippen LogP contribution in [0, 0.1) is 6.92 Å². The smallest absolute Gasteiger partial charge is 0.339 e. The van der Waals surface area contributed by atoms with E-state index in [2.05, 4.69) is 5.32 Å². The fourth-order valence-electron chi connectivity index (χ4n) is 3.28. The number of aryl methyl sites for hydroxylation is 1. The molecule has 0 fully saturated rings. The lowest BCUT2D eigenvalue weighted by atomic mass is 9.85. The first-order valence-electron chi connectivity index (χ1n) is 8.85. The summed E-state index contributed by atoms with van der Waals surface area (Å²) in [7, 11) is 2.85. The van der Waals surface area contributed by atoms with Gasteiger partial charge in [0.05, 0.1) is 25.5 Å². The molecule has 144 valence electrons. The van der Waals surface area contributed by atoms with Crippen molar-refractivity contribution in [3.8, 4) is 5.75 Å². The number of methoxy groups -OCH3 is 2. The van der Waals surface area contributed by atoms with Crippen molar-refractivity contribution in [1.82, 2.24) is 0 Å². The summed E-state index contributed by atoms with van der Waals surface area (Å²) in [5.74, 6) is -0.200. The summed E-state index contributed by atoms with van der Waals surface area (Å²) in [5, 5.41) is 2.72. The van der Waals surface area contributed by atoms with E-state index in [0.717, 1.165) is 11.1 Å². The molecule has 3 rings (SSSR count). The van der Waals surface area contributed by atoms with Gasteiger partial charge in [0.25, 0.3) is 0 Å². The number of anilines is 1. The molecule has 0 unspecified atom stereocenters. The fourth-order valence-corrected chi connectivity index (χ4v) is 3.28. The quantitative estimate of drug-likeness (QED) is 0.646. The highest BCUT2D eigenvalue weighted by atomic mass is 16.5. The van der Waals surface area contributed by atoms with Crippen LogP contribution in [0.25, 0.3) is 5.57 Å². The average molecular weight is 379 g/mol. The Morgan fingerprint density at radius 1 is 1.07 bits per heavy atom. The Morgan fingerprint density at radius 2 is 1.82 bits per heavy atom. The second-order valence-corrected chi connectivity index (χ2v) is 6.49. The van der Waals surface area contributed by atoms with Crippen molar-refractivity contribution in [2.75, 3.05) is 19.5 Å². The minimum atomic E-state index is -0.530. The number of amides is 1. The SMILES string of the molecule is COC(=O)c1ccccc1NC(=O)/C=C1\CCC(=O)c2cc(C)c(OC)cc21. The van der Waals surface area contributed by atoms with E-state index in [9.17, 15) is 14.4 Å². The van der Waals surface area contributed by atoms with Gasteiger partial charge >= 0.3 is 5.97 Å². The predicted octanol–water partition coefficient (Wildman–Crippen LogP) is 3.79. The number of fused-ring (bicyclic) bond motifs is 1. The first kappa shape index (κ1) is 19.4. The highest BCUT2D eigenvalue weighted by Gasteiger charge is 2.23. The molecule has 2 aromatic rings. The molecule has 6 heteroatoms. The molecular weight excluding hydrogens is 358 g/mol. The molecule has 28 heavy (non-hydrogen) atoms. The molecule has 0 saturated carbocycles. The summed E-state index contributed by atoms with van der Waals surface area (Å²) >= 11 is 0. The van der Waals surface area contributed by atoms with E-state index in [1.165, 1.54) is 13.2 Å². The van der Waals surface area contributed by atoms with Crippen molar-refractivity contribution in [3.63, 3.8) is 0 Å². The molecule has 6 nitrogen and oxygen atoms in total. The van der Waals surface area contributed by atoms with Gasteiger partial charge in [-0.15, -0.1) is 0 Å². The maximum Gasteiger partial charge on any atom is 0.339 e. The number of para-hydroxylation sites is 1. The Kier molecular flexibility index (Phi) is 5.59. The van der Waals surface area contributed by atoms with E-state index >= 15 is 0 Å². The summed E-state index contributed by atoms with van der Waals surface area (Å²) in [6.45, 7) is 1.88. The molecule has 0 spiro atoms. The minimum Gasteiger partial charge on any atom is -0.496 e. The molecule has 0 aliphatic heterocycles. The van der Waals surface area contributed by atoms with Crippen molar-refractivity contribution in [2.24, 2.45) is 0 Å². The maximum absolute atomic E-state index is 12.6. The lowest BCUT2D eigenvalue weighted by Crippen LogP contribution is -2.16. The Labute approximate surface area is 163 Å². The number of esters is 1. The number of carbonyl (C=O) groups excluding carboxylic acids is 3. The van der Waals surface area contributed by atoms with Gasteiger partial charge in [0.15, 0.2) is 5.78 Å². The van der Waals surface area contributed by atoms with Crippen LogP contribution in [0.4, 0.5) is 5.69 Å². The molecule has 0 saturated heterocycles. The predicted molar refractivity (Wildman–Crippen MR) is 106 cm³/mol. The minimum absolute atomic E-state index is 0.0503. The van der Waals surface area contributed by atoms with Gasteiger partial charge in [-0.2, -0.15) is 0 Å². The van der Waals surface area contributed by atoms with Crippen LogP contribution in [0.2, 0.25) is 0 Å². The van der Waals surface area contributed by atoms with Gasteiger partial charge in [0, 0.05) is 18.1 Å². The number of nitrogens with one attached hydrogen (secondary N) is 1. The van der Waals surface area contributed by atoms with Crippen LogP contribution in [-0.2, 0) is 9.53 Å². The second-order valence-electron chi connectivity index (χ2n) is 6.49. The van der Waals surface area contributed by atoms with Crippen LogP contribution in [0.15, 0.2) is 42.5 Å². The summed E-state index contributed by atoms with van der Waals surface area (Å²) in [5.41, 5.74) is 3.56. The highest BCUT2D eigenvalue weighted by Crippen LogP contribution is 2.35. The van der Waals surface area contributed by atoms with Crippen LogP contribution in [0.1, 0.15) is 44.7 Å². The van der Waals surface area contributed by atoms with Gasteiger partial charge in [0.1, 0.15) is 5.75 Å². The monoisotopic (exact) mass is 379 g/mol. The molecule has 0 bridgehead atoms. The summed E-state index contributed by atoms with van der Waals surface area (Å²) in [4.78, 5) is 36.8. The molecular formula is C22H21NO5. The summed E-state index contributed by atoms with van der Waals surface area (Å²) < 4.78 is 10.1. The van der Waals surface area contributed by atoms with E-state index in [1.54, 1.807) is 43.5 Å². The number of ether oxygens (including phenoxy) is 2. The number of allylic oxidation sites excluding steroid dienone is 1. The number of benzene rings is 2. The van der Waals surface area contributed by atoms with Crippen LogP contribution >= 0.6 is 0 Å². The van der Waals surface area contributed by atoms with Crippen molar-refractivity contribution >= 4 is 28.9 Å². The third-order valence-corrected chi connectivity index (χ3v) is 4.70. The Morgan fingerprint density at radius 3 is 2.54 bits per heavy atom. The Hall–Kier alpha value is -3.41. The molecule has 1 amide bonds. The molecule has 1 aliphatic rings. The molecule has 0 aromatic heterocycles. The highest BCUT2D eigenvalue weighted by molar-refractivity contribution is 6.11.